The number of nitrogens with one attached hydrogen (secondary N) is 1. The Morgan fingerprint density at radius 3 is 1.82 bits per heavy atom. The van der Waals surface area contributed by atoms with Crippen molar-refractivity contribution >= 4 is 5.69 Å². The molecular formula is C49H86N2. The van der Waals surface area contributed by atoms with Gasteiger partial charge in [0.15, 0.2) is 0 Å². The Hall–Kier alpha value is -2.50. The Kier molecular flexibility index (Phi) is 24.5. The van der Waals surface area contributed by atoms with Crippen molar-refractivity contribution in [2.45, 2.75) is 179 Å². The topological polar surface area (TPSA) is 38.0 Å². The molecule has 0 bridgehead atoms. The van der Waals surface area contributed by atoms with E-state index in [9.17, 15) is 0 Å². The number of terminal acetylenes is 1. The molecule has 0 heterocycles. The Bertz CT molecular complexity index is 1270. The van der Waals surface area contributed by atoms with E-state index in [0.717, 1.165) is 18.2 Å². The van der Waals surface area contributed by atoms with Gasteiger partial charge in [-0.05, 0) is 140 Å². The molecule has 4 aliphatic rings. The van der Waals surface area contributed by atoms with Gasteiger partial charge in [-0.1, -0.05) is 152 Å². The minimum Gasteiger partial charge on any atom is -0.399 e. The van der Waals surface area contributed by atoms with E-state index < -0.39 is 0 Å². The van der Waals surface area contributed by atoms with Gasteiger partial charge in [-0.3, -0.25) is 0 Å². The van der Waals surface area contributed by atoms with E-state index >= 15 is 0 Å². The van der Waals surface area contributed by atoms with Crippen molar-refractivity contribution in [3.63, 3.8) is 0 Å². The van der Waals surface area contributed by atoms with Crippen LogP contribution in [0.4, 0.5) is 5.69 Å². The highest BCUT2D eigenvalue weighted by Crippen LogP contribution is 2.63. The fourth-order valence-electron chi connectivity index (χ4n) is 9.83. The molecule has 2 aromatic rings. The summed E-state index contributed by atoms with van der Waals surface area (Å²) in [6.45, 7) is 34.5. The minimum absolute atomic E-state index is 0. The van der Waals surface area contributed by atoms with Crippen LogP contribution >= 0.6 is 0 Å². The lowest BCUT2D eigenvalue weighted by molar-refractivity contribution is 0.0283. The van der Waals surface area contributed by atoms with Crippen molar-refractivity contribution in [3.8, 4) is 12.8 Å². The molecule has 2 heteroatoms. The summed E-state index contributed by atoms with van der Waals surface area (Å²) >= 11 is 0. The van der Waals surface area contributed by atoms with E-state index in [1.807, 2.05) is 48.6 Å². The fraction of sp³-hybridized carbons (Fsp3) is 0.673. The van der Waals surface area contributed by atoms with Crippen molar-refractivity contribution in [1.82, 2.24) is 5.32 Å². The summed E-state index contributed by atoms with van der Waals surface area (Å²) in [5.41, 5.74) is 17.4. The van der Waals surface area contributed by atoms with Crippen LogP contribution in [0.15, 0.2) is 48.6 Å². The van der Waals surface area contributed by atoms with Gasteiger partial charge < -0.3 is 11.1 Å². The SMILES string of the molecule is C.C#C.C=C(C1CCCC2(C)c3cc(C)ccc3CCC12)C1(C)CCCC2(C)c3cc(N)ccc3CCC12.CC.CC.CC.CCC.CCNC. The second kappa shape index (κ2) is 24.7. The summed E-state index contributed by atoms with van der Waals surface area (Å²) in [5.74, 6) is 2.04. The first kappa shape index (κ1) is 50.6. The van der Waals surface area contributed by atoms with Crippen LogP contribution in [0, 0.1) is 42.9 Å². The van der Waals surface area contributed by atoms with Crippen LogP contribution in [0.3, 0.4) is 0 Å². The van der Waals surface area contributed by atoms with Crippen molar-refractivity contribution in [2.75, 3.05) is 19.3 Å². The zero-order chi connectivity index (χ0) is 38.7. The molecule has 0 amide bonds. The largest absolute Gasteiger partial charge is 0.399 e. The first-order valence-corrected chi connectivity index (χ1v) is 20.7. The van der Waals surface area contributed by atoms with E-state index in [2.05, 4.69) is 103 Å². The van der Waals surface area contributed by atoms with Gasteiger partial charge in [0.1, 0.15) is 0 Å². The summed E-state index contributed by atoms with van der Waals surface area (Å²) in [7, 11) is 1.93. The van der Waals surface area contributed by atoms with E-state index in [0.29, 0.717) is 17.3 Å². The van der Waals surface area contributed by atoms with Gasteiger partial charge in [-0.15, -0.1) is 12.8 Å². The number of benzene rings is 2. The predicted octanol–water partition coefficient (Wildman–Crippen LogP) is 14.1. The zero-order valence-corrected chi connectivity index (χ0v) is 35.6. The molecule has 0 saturated heterocycles. The van der Waals surface area contributed by atoms with Gasteiger partial charge in [-0.2, -0.15) is 0 Å². The monoisotopic (exact) mass is 703 g/mol. The third-order valence-electron chi connectivity index (χ3n) is 12.0. The number of nitrogen functional groups attached to an aromatic ring is 1. The van der Waals surface area contributed by atoms with Crippen LogP contribution in [0.1, 0.15) is 176 Å². The van der Waals surface area contributed by atoms with Gasteiger partial charge in [-0.25, -0.2) is 0 Å². The Morgan fingerprint density at radius 1 is 0.784 bits per heavy atom. The van der Waals surface area contributed by atoms with Crippen LogP contribution in [0.5, 0.6) is 0 Å². The molecular weight excluding hydrogens is 617 g/mol. The number of aryl methyl sites for hydroxylation is 3. The zero-order valence-electron chi connectivity index (χ0n) is 35.6. The van der Waals surface area contributed by atoms with E-state index in [-0.39, 0.29) is 18.3 Å². The van der Waals surface area contributed by atoms with Crippen LogP contribution in [0.25, 0.3) is 0 Å². The van der Waals surface area contributed by atoms with Gasteiger partial charge in [0.2, 0.25) is 0 Å². The molecule has 292 valence electrons. The highest BCUT2D eigenvalue weighted by Gasteiger charge is 2.56. The highest BCUT2D eigenvalue weighted by molar-refractivity contribution is 5.50. The maximum atomic E-state index is 6.33. The van der Waals surface area contributed by atoms with Gasteiger partial charge in [0.05, 0.1) is 0 Å². The lowest BCUT2D eigenvalue weighted by Gasteiger charge is -2.59. The van der Waals surface area contributed by atoms with E-state index in [1.54, 1.807) is 22.3 Å². The summed E-state index contributed by atoms with van der Waals surface area (Å²) in [6, 6.07) is 14.0. The Morgan fingerprint density at radius 2 is 1.27 bits per heavy atom. The van der Waals surface area contributed by atoms with Gasteiger partial charge in [0, 0.05) is 5.69 Å². The molecule has 2 nitrogen and oxygen atoms in total. The minimum atomic E-state index is 0. The van der Waals surface area contributed by atoms with Crippen molar-refractivity contribution in [3.05, 3.63) is 76.4 Å². The van der Waals surface area contributed by atoms with Crippen LogP contribution in [-0.2, 0) is 23.7 Å². The molecule has 0 spiro atoms. The lowest BCUT2D eigenvalue weighted by Crippen LogP contribution is -2.52. The lowest BCUT2D eigenvalue weighted by atomic mass is 9.45. The maximum Gasteiger partial charge on any atom is 0.0317 e. The fourth-order valence-corrected chi connectivity index (χ4v) is 9.83. The summed E-state index contributed by atoms with van der Waals surface area (Å²) in [5, 5.41) is 2.93. The number of allylic oxidation sites excluding steroid dienone is 1. The Balaban J connectivity index is 0. The first-order valence-electron chi connectivity index (χ1n) is 20.7. The Labute approximate surface area is 320 Å². The number of fused-ring (bicyclic) bond motifs is 6. The third-order valence-corrected chi connectivity index (χ3v) is 12.0. The van der Waals surface area contributed by atoms with Crippen molar-refractivity contribution < 1.29 is 0 Å². The van der Waals surface area contributed by atoms with E-state index in [1.165, 1.54) is 81.8 Å². The second-order valence-electron chi connectivity index (χ2n) is 14.9. The number of nitrogens with two attached hydrogens (primary N) is 1. The number of hydrogen-bond acceptors (Lipinski definition) is 2. The molecule has 6 atom stereocenters. The highest BCUT2D eigenvalue weighted by atomic mass is 14.8. The second-order valence-corrected chi connectivity index (χ2v) is 14.9. The molecule has 6 unspecified atom stereocenters. The predicted molar refractivity (Wildman–Crippen MR) is 235 cm³/mol. The molecule has 2 saturated carbocycles. The molecule has 6 rings (SSSR count). The molecule has 0 radical (unpaired) electrons. The molecule has 0 aromatic heterocycles. The average molecular weight is 703 g/mol. The van der Waals surface area contributed by atoms with Crippen LogP contribution < -0.4 is 11.1 Å². The van der Waals surface area contributed by atoms with Gasteiger partial charge in [0.25, 0.3) is 0 Å². The van der Waals surface area contributed by atoms with Crippen molar-refractivity contribution in [1.29, 1.82) is 0 Å². The average Bonchev–Trinajstić information content (AvgIpc) is 3.15. The summed E-state index contributed by atoms with van der Waals surface area (Å²) in [6.07, 6.45) is 22.2. The normalized spacial score (nSPS) is 27.4. The standard InChI is InChI=1S/C34H45N.C3H9N.C3H8.3C2H6.C2H2.CH4/c1-22-9-10-24-12-15-28-27(8-6-17-33(28,4)29(24)20-22)23(2)32(3)18-7-19-34(5)30-21-26(35)14-11-25(30)13-16-31(32)34;1-3-4-2;1-3-2;4*1-2;/h9-11,14,20-21,27-28,31H,2,6-8,12-13,15-19,35H2,1,3-5H3;4H,3H2,1-2H3;3H2,1-2H3;3*1-2H3;1-2H;1H4. The molecule has 3 N–H and O–H groups in total. The third kappa shape index (κ3) is 11.2. The molecule has 0 aliphatic heterocycles. The van der Waals surface area contributed by atoms with Gasteiger partial charge >= 0.3 is 0 Å². The molecule has 4 aliphatic carbocycles. The number of rotatable bonds is 3. The maximum absolute atomic E-state index is 6.33. The molecule has 2 fully saturated rings. The van der Waals surface area contributed by atoms with E-state index in [4.69, 9.17) is 12.3 Å². The van der Waals surface area contributed by atoms with Crippen LogP contribution in [-0.4, -0.2) is 13.6 Å². The number of hydrogen-bond donors (Lipinski definition) is 2. The number of anilines is 1. The summed E-state index contributed by atoms with van der Waals surface area (Å²) in [4.78, 5) is 0. The van der Waals surface area contributed by atoms with Crippen LogP contribution in [0.2, 0.25) is 0 Å². The van der Waals surface area contributed by atoms with Crippen molar-refractivity contribution in [2.24, 2.45) is 23.2 Å². The quantitative estimate of drug-likeness (QED) is 0.190. The summed E-state index contributed by atoms with van der Waals surface area (Å²) < 4.78 is 0. The molecule has 51 heavy (non-hydrogen) atoms. The smallest absolute Gasteiger partial charge is 0.0317 e. The first-order chi connectivity index (χ1) is 24.0. The molecule has 2 aromatic carbocycles.